The Bertz CT molecular complexity index is 1170. The van der Waals surface area contributed by atoms with Crippen molar-refractivity contribution in [3.05, 3.63) is 58.5 Å². The normalized spacial score (nSPS) is 16.6. The summed E-state index contributed by atoms with van der Waals surface area (Å²) in [4.78, 5) is 16.3. The lowest BCUT2D eigenvalue weighted by molar-refractivity contribution is 0.134. The highest BCUT2D eigenvalue weighted by atomic mass is 16.5. The molecule has 3 aromatic rings. The minimum Gasteiger partial charge on any atom is -0.474 e. The molecule has 6 rings (SSSR count). The molecule has 3 aliphatic rings. The average Bonchev–Trinajstić information content (AvgIpc) is 3.27. The molecule has 0 saturated carbocycles. The smallest absolute Gasteiger partial charge is 0.237 e. The van der Waals surface area contributed by atoms with Gasteiger partial charge in [0.2, 0.25) is 11.8 Å². The molecule has 0 saturated heterocycles. The van der Waals surface area contributed by atoms with Crippen LogP contribution in [0.5, 0.6) is 5.88 Å². The third-order valence-electron chi connectivity index (χ3n) is 6.18. The summed E-state index contributed by atoms with van der Waals surface area (Å²) in [5.41, 5.74) is 9.00. The SMILES string of the molecule is Cc1c(N2CCc3cnc(Nc4ccc5c(c4)COC5)nc3C2)cnc2c1NCCO2. The highest BCUT2D eigenvalue weighted by Gasteiger charge is 2.24. The van der Waals surface area contributed by atoms with Gasteiger partial charge in [0.05, 0.1) is 37.3 Å². The van der Waals surface area contributed by atoms with Gasteiger partial charge in [-0.15, -0.1) is 0 Å². The molecule has 0 radical (unpaired) electrons. The van der Waals surface area contributed by atoms with Gasteiger partial charge in [0.15, 0.2) is 0 Å². The monoisotopic (exact) mass is 416 g/mol. The summed E-state index contributed by atoms with van der Waals surface area (Å²) in [7, 11) is 0. The van der Waals surface area contributed by atoms with Gasteiger partial charge in [-0.05, 0) is 42.2 Å². The van der Waals surface area contributed by atoms with E-state index >= 15 is 0 Å². The number of pyridine rings is 1. The molecule has 2 N–H and O–H groups in total. The van der Waals surface area contributed by atoms with Crippen LogP contribution in [0.25, 0.3) is 0 Å². The second-order valence-corrected chi connectivity index (χ2v) is 8.16. The molecule has 0 aliphatic carbocycles. The summed E-state index contributed by atoms with van der Waals surface area (Å²) in [6.45, 7) is 6.58. The maximum Gasteiger partial charge on any atom is 0.237 e. The van der Waals surface area contributed by atoms with E-state index in [2.05, 4.69) is 50.6 Å². The van der Waals surface area contributed by atoms with E-state index in [1.165, 1.54) is 22.3 Å². The van der Waals surface area contributed by atoms with Crippen molar-refractivity contribution in [3.63, 3.8) is 0 Å². The largest absolute Gasteiger partial charge is 0.474 e. The van der Waals surface area contributed by atoms with Crippen molar-refractivity contribution in [1.82, 2.24) is 15.0 Å². The molecule has 8 heteroatoms. The van der Waals surface area contributed by atoms with Gasteiger partial charge in [0, 0.05) is 30.5 Å². The van der Waals surface area contributed by atoms with Crippen molar-refractivity contribution in [2.24, 2.45) is 0 Å². The summed E-state index contributed by atoms with van der Waals surface area (Å²) in [5.74, 6) is 1.31. The van der Waals surface area contributed by atoms with Crippen LogP contribution in [0.2, 0.25) is 0 Å². The fourth-order valence-electron chi connectivity index (χ4n) is 4.48. The Hall–Kier alpha value is -3.39. The number of benzene rings is 1. The van der Waals surface area contributed by atoms with Crippen LogP contribution in [-0.2, 0) is 30.9 Å². The summed E-state index contributed by atoms with van der Waals surface area (Å²) in [6.07, 6.45) is 4.78. The number of rotatable bonds is 3. The molecule has 3 aliphatic heterocycles. The van der Waals surface area contributed by atoms with Crippen molar-refractivity contribution < 1.29 is 9.47 Å². The zero-order valence-electron chi connectivity index (χ0n) is 17.4. The molecule has 0 spiro atoms. The van der Waals surface area contributed by atoms with E-state index in [0.29, 0.717) is 31.6 Å². The minimum atomic E-state index is 0.620. The van der Waals surface area contributed by atoms with Crippen LogP contribution in [0.15, 0.2) is 30.6 Å². The third kappa shape index (κ3) is 3.33. The molecule has 2 aromatic heterocycles. The Morgan fingerprint density at radius 2 is 2.03 bits per heavy atom. The van der Waals surface area contributed by atoms with Crippen LogP contribution >= 0.6 is 0 Å². The van der Waals surface area contributed by atoms with E-state index in [1.54, 1.807) is 0 Å². The predicted octanol–water partition coefficient (Wildman–Crippen LogP) is 3.32. The molecule has 8 nitrogen and oxygen atoms in total. The molecule has 0 fully saturated rings. The molecule has 0 atom stereocenters. The molecule has 5 heterocycles. The first-order chi connectivity index (χ1) is 15.2. The second-order valence-electron chi connectivity index (χ2n) is 8.16. The fourth-order valence-corrected chi connectivity index (χ4v) is 4.48. The van der Waals surface area contributed by atoms with E-state index in [9.17, 15) is 0 Å². The number of nitrogens with zero attached hydrogens (tertiary/aromatic N) is 4. The molecule has 31 heavy (non-hydrogen) atoms. The van der Waals surface area contributed by atoms with Crippen molar-refractivity contribution in [3.8, 4) is 5.88 Å². The second kappa shape index (κ2) is 7.39. The Morgan fingerprint density at radius 1 is 1.10 bits per heavy atom. The van der Waals surface area contributed by atoms with Crippen molar-refractivity contribution in [1.29, 1.82) is 0 Å². The van der Waals surface area contributed by atoms with Crippen LogP contribution in [0, 0.1) is 6.92 Å². The Balaban J connectivity index is 1.25. The van der Waals surface area contributed by atoms with Crippen molar-refractivity contribution >= 4 is 23.0 Å². The van der Waals surface area contributed by atoms with Gasteiger partial charge in [-0.25, -0.2) is 15.0 Å². The highest BCUT2D eigenvalue weighted by Crippen LogP contribution is 2.36. The van der Waals surface area contributed by atoms with Crippen LogP contribution < -0.4 is 20.3 Å². The lowest BCUT2D eigenvalue weighted by Crippen LogP contribution is -2.32. The maximum atomic E-state index is 5.67. The van der Waals surface area contributed by atoms with Gasteiger partial charge < -0.3 is 25.0 Å². The number of nitrogens with one attached hydrogen (secondary N) is 2. The highest BCUT2D eigenvalue weighted by molar-refractivity contribution is 5.70. The first-order valence-electron chi connectivity index (χ1n) is 10.7. The van der Waals surface area contributed by atoms with Crippen LogP contribution in [0.1, 0.15) is 27.9 Å². The molecule has 0 bridgehead atoms. The average molecular weight is 416 g/mol. The predicted molar refractivity (Wildman–Crippen MR) is 118 cm³/mol. The van der Waals surface area contributed by atoms with Gasteiger partial charge >= 0.3 is 0 Å². The summed E-state index contributed by atoms with van der Waals surface area (Å²) in [6, 6.07) is 6.28. The Labute approximate surface area is 180 Å². The molecule has 0 amide bonds. The van der Waals surface area contributed by atoms with Crippen molar-refractivity contribution in [2.75, 3.05) is 35.2 Å². The van der Waals surface area contributed by atoms with E-state index in [4.69, 9.17) is 14.5 Å². The number of hydrogen-bond acceptors (Lipinski definition) is 8. The van der Waals surface area contributed by atoms with E-state index in [-0.39, 0.29) is 0 Å². The molecule has 0 unspecified atom stereocenters. The number of anilines is 4. The molecule has 1 aromatic carbocycles. The minimum absolute atomic E-state index is 0.620. The lowest BCUT2D eigenvalue weighted by atomic mass is 10.0. The quantitative estimate of drug-likeness (QED) is 0.673. The maximum absolute atomic E-state index is 5.67. The van der Waals surface area contributed by atoms with E-state index in [0.717, 1.165) is 48.8 Å². The lowest BCUT2D eigenvalue weighted by Gasteiger charge is -2.32. The Morgan fingerprint density at radius 3 is 3.00 bits per heavy atom. The van der Waals surface area contributed by atoms with Crippen LogP contribution in [-0.4, -0.2) is 34.6 Å². The zero-order valence-corrected chi connectivity index (χ0v) is 17.4. The van der Waals surface area contributed by atoms with Gasteiger partial charge in [0.25, 0.3) is 0 Å². The van der Waals surface area contributed by atoms with Gasteiger partial charge in [-0.2, -0.15) is 0 Å². The summed E-state index contributed by atoms with van der Waals surface area (Å²) < 4.78 is 11.2. The first-order valence-corrected chi connectivity index (χ1v) is 10.7. The van der Waals surface area contributed by atoms with Crippen LogP contribution in [0.4, 0.5) is 23.0 Å². The van der Waals surface area contributed by atoms with Gasteiger partial charge in [-0.3, -0.25) is 0 Å². The number of fused-ring (bicyclic) bond motifs is 3. The standard InChI is InChI=1S/C23H24N6O2/c1-14-20(10-25-22-21(14)24-5-7-31-22)29-6-4-15-9-26-23(28-19(15)11-29)27-18-3-2-16-12-30-13-17(16)8-18/h2-3,8-10,24H,4-7,11-13H2,1H3,(H,26,27,28). The van der Waals surface area contributed by atoms with Crippen molar-refractivity contribution in [2.45, 2.75) is 33.1 Å². The summed E-state index contributed by atoms with van der Waals surface area (Å²) >= 11 is 0. The molecular weight excluding hydrogens is 392 g/mol. The first kappa shape index (κ1) is 18.4. The fraction of sp³-hybridized carbons (Fsp3) is 0.348. The zero-order chi connectivity index (χ0) is 20.8. The van der Waals surface area contributed by atoms with Gasteiger partial charge in [-0.1, -0.05) is 6.07 Å². The number of aromatic nitrogens is 3. The van der Waals surface area contributed by atoms with Crippen LogP contribution in [0.3, 0.4) is 0 Å². The number of hydrogen-bond donors (Lipinski definition) is 2. The topological polar surface area (TPSA) is 84.4 Å². The Kier molecular flexibility index (Phi) is 4.38. The molecule has 158 valence electrons. The third-order valence-corrected chi connectivity index (χ3v) is 6.18. The molecular formula is C23H24N6O2. The van der Waals surface area contributed by atoms with Gasteiger partial charge in [0.1, 0.15) is 12.3 Å². The van der Waals surface area contributed by atoms with E-state index in [1.807, 2.05) is 12.4 Å². The summed E-state index contributed by atoms with van der Waals surface area (Å²) in [5, 5.41) is 6.78. The number of ether oxygens (including phenoxy) is 2. The van der Waals surface area contributed by atoms with E-state index < -0.39 is 0 Å².